The first-order valence-electron chi connectivity index (χ1n) is 9.95. The molecule has 0 aliphatic carbocycles. The van der Waals surface area contributed by atoms with Gasteiger partial charge in [0.2, 0.25) is 0 Å². The number of hydrogen-bond donors (Lipinski definition) is 1. The van der Waals surface area contributed by atoms with E-state index in [1.165, 1.54) is 28.0 Å². The summed E-state index contributed by atoms with van der Waals surface area (Å²) >= 11 is 1.69. The van der Waals surface area contributed by atoms with Crippen LogP contribution >= 0.6 is 11.8 Å². The number of fused-ring (bicyclic) bond motifs is 3. The topological polar surface area (TPSA) is 36.1 Å². The molecule has 3 aromatic carbocycles. The molecule has 0 bridgehead atoms. The summed E-state index contributed by atoms with van der Waals surface area (Å²) < 4.78 is 13.8. The molecule has 0 saturated carbocycles. The molecule has 0 fully saturated rings. The number of thioether (sulfide) groups is 1. The highest BCUT2D eigenvalue weighted by atomic mass is 32.2. The predicted molar refractivity (Wildman–Crippen MR) is 120 cm³/mol. The van der Waals surface area contributed by atoms with Crippen molar-refractivity contribution < 1.29 is 9.18 Å². The number of carbonyl (C=O) groups excluding carboxylic acids is 1. The van der Waals surface area contributed by atoms with Gasteiger partial charge in [0.15, 0.2) is 0 Å². The van der Waals surface area contributed by atoms with Gasteiger partial charge < -0.3 is 9.88 Å². The van der Waals surface area contributed by atoms with Crippen molar-refractivity contribution in [2.75, 3.05) is 12.8 Å². The largest absolute Gasteiger partial charge is 0.356 e. The highest BCUT2D eigenvalue weighted by molar-refractivity contribution is 7.98. The minimum absolute atomic E-state index is 0.155. The molecule has 1 aliphatic heterocycles. The quantitative estimate of drug-likeness (QED) is 0.428. The Morgan fingerprint density at radius 3 is 2.63 bits per heavy atom. The second-order valence-corrected chi connectivity index (χ2v) is 8.38. The molecule has 1 aliphatic rings. The van der Waals surface area contributed by atoms with Gasteiger partial charge in [0.25, 0.3) is 5.91 Å². The van der Waals surface area contributed by atoms with Crippen LogP contribution in [0.2, 0.25) is 0 Å². The molecule has 0 saturated heterocycles. The first kappa shape index (κ1) is 18.9. The average molecular weight is 417 g/mol. The SMILES string of the molecule is CSc1ccc(C2c3[nH]c4ccccc4c3CCN2C(=O)c2cccc(F)c2)cc1. The van der Waals surface area contributed by atoms with Crippen molar-refractivity contribution in [2.24, 2.45) is 0 Å². The molecule has 0 spiro atoms. The van der Waals surface area contributed by atoms with Crippen LogP contribution in [0.1, 0.15) is 33.2 Å². The van der Waals surface area contributed by atoms with Crippen molar-refractivity contribution in [1.29, 1.82) is 0 Å². The number of nitrogens with one attached hydrogen (secondary N) is 1. The lowest BCUT2D eigenvalue weighted by Crippen LogP contribution is -2.40. The van der Waals surface area contributed by atoms with E-state index in [-0.39, 0.29) is 11.9 Å². The van der Waals surface area contributed by atoms with E-state index >= 15 is 0 Å². The second-order valence-electron chi connectivity index (χ2n) is 7.50. The number of nitrogens with zero attached hydrogens (tertiary/aromatic N) is 1. The van der Waals surface area contributed by atoms with Crippen LogP contribution in [0.25, 0.3) is 10.9 Å². The van der Waals surface area contributed by atoms with Gasteiger partial charge in [-0.15, -0.1) is 11.8 Å². The van der Waals surface area contributed by atoms with Crippen molar-refractivity contribution in [3.05, 3.63) is 101 Å². The van der Waals surface area contributed by atoms with Crippen LogP contribution < -0.4 is 0 Å². The molecular weight excluding hydrogens is 395 g/mol. The number of halogens is 1. The molecule has 1 unspecified atom stereocenters. The van der Waals surface area contributed by atoms with Crippen LogP contribution in [0.15, 0.2) is 77.7 Å². The third-order valence-electron chi connectivity index (χ3n) is 5.80. The molecule has 1 N–H and O–H groups in total. The number of para-hydroxylation sites is 1. The molecule has 5 rings (SSSR count). The molecule has 1 aromatic heterocycles. The Morgan fingerprint density at radius 1 is 1.07 bits per heavy atom. The van der Waals surface area contributed by atoms with Gasteiger partial charge in [-0.1, -0.05) is 36.4 Å². The van der Waals surface area contributed by atoms with Gasteiger partial charge in [-0.3, -0.25) is 4.79 Å². The monoisotopic (exact) mass is 416 g/mol. The van der Waals surface area contributed by atoms with E-state index in [9.17, 15) is 9.18 Å². The zero-order chi connectivity index (χ0) is 20.7. The molecule has 2 heterocycles. The van der Waals surface area contributed by atoms with Crippen LogP contribution in [0.3, 0.4) is 0 Å². The van der Waals surface area contributed by atoms with Gasteiger partial charge >= 0.3 is 0 Å². The number of H-pyrrole nitrogens is 1. The summed E-state index contributed by atoms with van der Waals surface area (Å²) in [4.78, 5) is 20.0. The van der Waals surface area contributed by atoms with Gasteiger partial charge in [-0.05, 0) is 60.2 Å². The van der Waals surface area contributed by atoms with E-state index < -0.39 is 5.82 Å². The molecule has 3 nitrogen and oxygen atoms in total. The Morgan fingerprint density at radius 2 is 1.87 bits per heavy atom. The van der Waals surface area contributed by atoms with Gasteiger partial charge in [-0.25, -0.2) is 4.39 Å². The van der Waals surface area contributed by atoms with Crippen molar-refractivity contribution >= 4 is 28.6 Å². The van der Waals surface area contributed by atoms with Crippen molar-refractivity contribution in [2.45, 2.75) is 17.4 Å². The Hall–Kier alpha value is -3.05. The lowest BCUT2D eigenvalue weighted by Gasteiger charge is -2.36. The highest BCUT2D eigenvalue weighted by Gasteiger charge is 2.35. The lowest BCUT2D eigenvalue weighted by atomic mass is 9.91. The van der Waals surface area contributed by atoms with E-state index in [0.717, 1.165) is 23.2 Å². The fraction of sp³-hybridized carbons (Fsp3) is 0.160. The molecule has 0 radical (unpaired) electrons. The van der Waals surface area contributed by atoms with E-state index in [1.54, 1.807) is 23.9 Å². The standard InChI is InChI=1S/C25H21FN2OS/c1-30-19-11-9-16(10-12-19)24-23-21(20-7-2-3-8-22(20)27-23)13-14-28(24)25(29)17-5-4-6-18(26)15-17/h2-12,15,24,27H,13-14H2,1H3. The third kappa shape index (κ3) is 3.19. The molecular formula is C25H21FN2OS. The molecule has 5 heteroatoms. The predicted octanol–water partition coefficient (Wildman–Crippen LogP) is 5.82. The maximum Gasteiger partial charge on any atom is 0.254 e. The van der Waals surface area contributed by atoms with E-state index in [4.69, 9.17) is 0 Å². The summed E-state index contributed by atoms with van der Waals surface area (Å²) in [6, 6.07) is 22.3. The van der Waals surface area contributed by atoms with Gasteiger partial charge in [-0.2, -0.15) is 0 Å². The smallest absolute Gasteiger partial charge is 0.254 e. The zero-order valence-electron chi connectivity index (χ0n) is 16.6. The van der Waals surface area contributed by atoms with Crippen LogP contribution in [0, 0.1) is 5.82 Å². The third-order valence-corrected chi connectivity index (χ3v) is 6.54. The van der Waals surface area contributed by atoms with Crippen molar-refractivity contribution in [3.63, 3.8) is 0 Å². The number of aromatic nitrogens is 1. The molecule has 1 amide bonds. The molecule has 4 aromatic rings. The zero-order valence-corrected chi connectivity index (χ0v) is 17.4. The Labute approximate surface area is 178 Å². The van der Waals surface area contributed by atoms with Crippen LogP contribution in [-0.2, 0) is 6.42 Å². The average Bonchev–Trinajstić information content (AvgIpc) is 3.17. The van der Waals surface area contributed by atoms with E-state index in [0.29, 0.717) is 12.1 Å². The number of benzene rings is 3. The summed E-state index contributed by atoms with van der Waals surface area (Å²) in [5.74, 6) is -0.553. The van der Waals surface area contributed by atoms with E-state index in [1.807, 2.05) is 23.3 Å². The van der Waals surface area contributed by atoms with Gasteiger partial charge in [0.1, 0.15) is 5.82 Å². The number of rotatable bonds is 3. The summed E-state index contributed by atoms with van der Waals surface area (Å²) in [5, 5.41) is 1.20. The summed E-state index contributed by atoms with van der Waals surface area (Å²) in [6.45, 7) is 0.582. The maximum atomic E-state index is 13.8. The minimum Gasteiger partial charge on any atom is -0.356 e. The van der Waals surface area contributed by atoms with Crippen LogP contribution in [-0.4, -0.2) is 28.6 Å². The molecule has 1 atom stereocenters. The lowest BCUT2D eigenvalue weighted by molar-refractivity contribution is 0.0691. The van der Waals surface area contributed by atoms with Gasteiger partial charge in [0, 0.05) is 33.6 Å². The Balaban J connectivity index is 1.65. The molecule has 150 valence electrons. The van der Waals surface area contributed by atoms with Crippen LogP contribution in [0.4, 0.5) is 4.39 Å². The number of carbonyl (C=O) groups is 1. The van der Waals surface area contributed by atoms with Crippen LogP contribution in [0.5, 0.6) is 0 Å². The fourth-order valence-corrected chi connectivity index (χ4v) is 4.79. The highest BCUT2D eigenvalue weighted by Crippen LogP contribution is 2.39. The minimum atomic E-state index is -0.398. The number of amides is 1. The number of aromatic amines is 1. The molecule has 30 heavy (non-hydrogen) atoms. The fourth-order valence-electron chi connectivity index (χ4n) is 4.38. The maximum absolute atomic E-state index is 13.8. The normalized spacial score (nSPS) is 15.9. The van der Waals surface area contributed by atoms with E-state index in [2.05, 4.69) is 41.4 Å². The van der Waals surface area contributed by atoms with Crippen molar-refractivity contribution in [1.82, 2.24) is 9.88 Å². The summed E-state index contributed by atoms with van der Waals surface area (Å²) in [7, 11) is 0. The summed E-state index contributed by atoms with van der Waals surface area (Å²) in [6.07, 6.45) is 2.81. The van der Waals surface area contributed by atoms with Crippen molar-refractivity contribution in [3.8, 4) is 0 Å². The second kappa shape index (κ2) is 7.65. The summed E-state index contributed by atoms with van der Waals surface area (Å²) in [5.41, 5.74) is 4.80. The first-order chi connectivity index (χ1) is 14.7. The Kier molecular flexibility index (Phi) is 4.83. The first-order valence-corrected chi connectivity index (χ1v) is 11.2. The number of hydrogen-bond acceptors (Lipinski definition) is 2. The van der Waals surface area contributed by atoms with Gasteiger partial charge in [0.05, 0.1) is 6.04 Å². The Bertz CT molecular complexity index is 1230.